The molecule has 0 bridgehead atoms. The number of carbonyl (C=O) groups is 1. The zero-order valence-corrected chi connectivity index (χ0v) is 7.08. The summed E-state index contributed by atoms with van der Waals surface area (Å²) in [6.45, 7) is 6.06. The minimum absolute atomic E-state index is 0.187. The van der Waals surface area contributed by atoms with Crippen molar-refractivity contribution in [3.8, 4) is 0 Å². The Morgan fingerprint density at radius 3 is 2.92 bits per heavy atom. The van der Waals surface area contributed by atoms with Gasteiger partial charge in [-0.15, -0.1) is 0 Å². The Balaban J connectivity index is 2.46. The van der Waals surface area contributed by atoms with Crippen LogP contribution in [-0.4, -0.2) is 24.4 Å². The smallest absolute Gasteiger partial charge is 0.405 e. The largest absolute Gasteiger partial charge is 0.439 e. The van der Waals surface area contributed by atoms with Gasteiger partial charge in [0.25, 0.3) is 0 Å². The van der Waals surface area contributed by atoms with Crippen LogP contribution in [0, 0.1) is 0 Å². The molecule has 0 aliphatic carbocycles. The average Bonchev–Trinajstić information content (AvgIpc) is 2.70. The Kier molecular flexibility index (Phi) is 2.38. The van der Waals surface area contributed by atoms with Crippen molar-refractivity contribution < 1.29 is 14.3 Å². The van der Waals surface area contributed by atoms with Crippen molar-refractivity contribution in [2.45, 2.75) is 25.0 Å². The topological polar surface area (TPSA) is 64.8 Å². The maximum Gasteiger partial charge on any atom is 0.405 e. The van der Waals surface area contributed by atoms with Crippen LogP contribution in [0.5, 0.6) is 0 Å². The lowest BCUT2D eigenvalue weighted by atomic mass is 10.0. The molecule has 2 N–H and O–H groups in total. The Morgan fingerprint density at radius 2 is 2.58 bits per heavy atom. The average molecular weight is 171 g/mol. The maximum atomic E-state index is 10.5. The first-order valence-electron chi connectivity index (χ1n) is 3.79. The number of epoxide rings is 1. The van der Waals surface area contributed by atoms with E-state index in [1.165, 1.54) is 0 Å². The molecule has 0 radical (unpaired) electrons. The van der Waals surface area contributed by atoms with Gasteiger partial charge >= 0.3 is 6.09 Å². The van der Waals surface area contributed by atoms with E-state index in [9.17, 15) is 4.79 Å². The van der Waals surface area contributed by atoms with E-state index in [-0.39, 0.29) is 6.10 Å². The molecule has 2 atom stereocenters. The highest BCUT2D eigenvalue weighted by Crippen LogP contribution is 2.26. The molecular formula is C8H13NO3. The summed E-state index contributed by atoms with van der Waals surface area (Å²) < 4.78 is 9.89. The van der Waals surface area contributed by atoms with Crippen LogP contribution in [0.3, 0.4) is 0 Å². The van der Waals surface area contributed by atoms with Gasteiger partial charge in [-0.3, -0.25) is 0 Å². The fourth-order valence-electron chi connectivity index (χ4n) is 1.03. The molecule has 4 heteroatoms. The number of amides is 1. The first kappa shape index (κ1) is 9.06. The fourth-order valence-corrected chi connectivity index (χ4v) is 1.03. The van der Waals surface area contributed by atoms with E-state index in [0.717, 1.165) is 6.61 Å². The van der Waals surface area contributed by atoms with Crippen molar-refractivity contribution in [3.63, 3.8) is 0 Å². The van der Waals surface area contributed by atoms with Crippen molar-refractivity contribution in [1.29, 1.82) is 0 Å². The maximum absolute atomic E-state index is 10.5. The third kappa shape index (κ3) is 2.54. The number of primary amides is 1. The number of nitrogens with two attached hydrogens (primary N) is 1. The molecule has 2 unspecified atom stereocenters. The molecule has 1 heterocycles. The van der Waals surface area contributed by atoms with Gasteiger partial charge in [0.2, 0.25) is 0 Å². The lowest BCUT2D eigenvalue weighted by molar-refractivity contribution is 0.0555. The first-order chi connectivity index (χ1) is 5.56. The van der Waals surface area contributed by atoms with Gasteiger partial charge in [0, 0.05) is 6.42 Å². The van der Waals surface area contributed by atoms with Gasteiger partial charge in [0.15, 0.2) is 0 Å². The number of hydrogen-bond acceptors (Lipinski definition) is 3. The molecule has 68 valence electrons. The summed E-state index contributed by atoms with van der Waals surface area (Å²) >= 11 is 0. The molecule has 1 amide bonds. The molecule has 4 nitrogen and oxygen atoms in total. The highest BCUT2D eigenvalue weighted by atomic mass is 16.6. The molecule has 0 saturated carbocycles. The number of hydrogen-bond donors (Lipinski definition) is 1. The molecule has 0 aromatic rings. The second-order valence-electron chi connectivity index (χ2n) is 3.10. The molecule has 1 aliphatic heterocycles. The van der Waals surface area contributed by atoms with Crippen LogP contribution in [0.4, 0.5) is 4.79 Å². The number of ether oxygens (including phenoxy) is 2. The molecule has 1 rings (SSSR count). The molecule has 1 aliphatic rings. The Morgan fingerprint density at radius 1 is 2.00 bits per heavy atom. The van der Waals surface area contributed by atoms with Crippen LogP contribution >= 0.6 is 0 Å². The summed E-state index contributed by atoms with van der Waals surface area (Å²) in [5.74, 6) is 0. The van der Waals surface area contributed by atoms with E-state index >= 15 is 0 Å². The zero-order valence-electron chi connectivity index (χ0n) is 7.08. The predicted octanol–water partition coefficient (Wildman–Crippen LogP) is 0.815. The highest BCUT2D eigenvalue weighted by molar-refractivity contribution is 5.65. The monoisotopic (exact) mass is 171 g/mol. The molecule has 1 fully saturated rings. The third-order valence-electron chi connectivity index (χ3n) is 1.80. The normalized spacial score (nSPS) is 25.6. The Labute approximate surface area is 71.3 Å². The van der Waals surface area contributed by atoms with Gasteiger partial charge < -0.3 is 15.2 Å². The van der Waals surface area contributed by atoms with Crippen LogP contribution in [0.15, 0.2) is 12.7 Å². The summed E-state index contributed by atoms with van der Waals surface area (Å²) in [5, 5.41) is 0. The quantitative estimate of drug-likeness (QED) is 0.503. The Hall–Kier alpha value is -1.03. The highest BCUT2D eigenvalue weighted by Gasteiger charge is 2.34. The zero-order chi connectivity index (χ0) is 9.19. The lowest BCUT2D eigenvalue weighted by Gasteiger charge is -2.23. The van der Waals surface area contributed by atoms with Crippen molar-refractivity contribution in [3.05, 3.63) is 12.7 Å². The summed E-state index contributed by atoms with van der Waals surface area (Å²) in [7, 11) is 0. The minimum atomic E-state index is -0.780. The second-order valence-corrected chi connectivity index (χ2v) is 3.10. The van der Waals surface area contributed by atoms with Crippen LogP contribution in [0.2, 0.25) is 0 Å². The van der Waals surface area contributed by atoms with Crippen LogP contribution in [0.1, 0.15) is 13.3 Å². The van der Waals surface area contributed by atoms with Gasteiger partial charge in [-0.25, -0.2) is 4.79 Å². The summed E-state index contributed by atoms with van der Waals surface area (Å²) in [5.41, 5.74) is 4.21. The van der Waals surface area contributed by atoms with E-state index < -0.39 is 11.7 Å². The van der Waals surface area contributed by atoms with Crippen LogP contribution in [0.25, 0.3) is 0 Å². The van der Waals surface area contributed by atoms with E-state index in [2.05, 4.69) is 6.58 Å². The van der Waals surface area contributed by atoms with Crippen molar-refractivity contribution in [2.75, 3.05) is 6.61 Å². The van der Waals surface area contributed by atoms with Gasteiger partial charge in [-0.1, -0.05) is 6.58 Å². The second kappa shape index (κ2) is 3.15. The number of carbonyl (C=O) groups excluding carboxylic acids is 1. The van der Waals surface area contributed by atoms with Crippen molar-refractivity contribution in [2.24, 2.45) is 5.73 Å². The lowest BCUT2D eigenvalue weighted by Crippen LogP contribution is -2.33. The van der Waals surface area contributed by atoms with Crippen LogP contribution in [-0.2, 0) is 9.47 Å². The van der Waals surface area contributed by atoms with Crippen molar-refractivity contribution >= 4 is 6.09 Å². The molecular weight excluding hydrogens is 158 g/mol. The molecule has 0 aromatic carbocycles. The van der Waals surface area contributed by atoms with Crippen LogP contribution < -0.4 is 5.73 Å². The van der Waals surface area contributed by atoms with Gasteiger partial charge in [-0.05, 0) is 13.0 Å². The Bertz CT molecular complexity index is 200. The first-order valence-corrected chi connectivity index (χ1v) is 3.79. The summed E-state index contributed by atoms with van der Waals surface area (Å²) in [6, 6.07) is 0. The standard InChI is InChI=1S/C8H13NO3/c1-3-8(2,12-7(9)10)4-6-5-11-6/h3,6H,1,4-5H2,2H3,(H2,9,10). The van der Waals surface area contributed by atoms with E-state index in [0.29, 0.717) is 6.42 Å². The third-order valence-corrected chi connectivity index (χ3v) is 1.80. The molecule has 12 heavy (non-hydrogen) atoms. The number of rotatable bonds is 4. The SMILES string of the molecule is C=CC(C)(CC1CO1)OC(N)=O. The summed E-state index contributed by atoms with van der Waals surface area (Å²) in [6.07, 6.45) is 1.60. The van der Waals surface area contributed by atoms with Gasteiger partial charge in [0.1, 0.15) is 5.60 Å². The fraction of sp³-hybridized carbons (Fsp3) is 0.625. The van der Waals surface area contributed by atoms with Gasteiger partial charge in [0.05, 0.1) is 12.7 Å². The summed E-state index contributed by atoms with van der Waals surface area (Å²) in [4.78, 5) is 10.5. The van der Waals surface area contributed by atoms with E-state index in [1.807, 2.05) is 0 Å². The molecule has 0 spiro atoms. The predicted molar refractivity (Wildman–Crippen MR) is 43.6 cm³/mol. The molecule has 0 aromatic heterocycles. The minimum Gasteiger partial charge on any atom is -0.439 e. The van der Waals surface area contributed by atoms with E-state index in [1.54, 1.807) is 13.0 Å². The van der Waals surface area contributed by atoms with E-state index in [4.69, 9.17) is 15.2 Å². The van der Waals surface area contributed by atoms with Crippen molar-refractivity contribution in [1.82, 2.24) is 0 Å². The van der Waals surface area contributed by atoms with Gasteiger partial charge in [-0.2, -0.15) is 0 Å². The molecule has 1 saturated heterocycles.